The molecule has 3 rings (SSSR count). The Balaban J connectivity index is 0.000000438. The number of halogens is 5. The molecule has 0 bridgehead atoms. The Morgan fingerprint density at radius 3 is 2.52 bits per heavy atom. The summed E-state index contributed by atoms with van der Waals surface area (Å²) in [4.78, 5) is 41.4. The highest BCUT2D eigenvalue weighted by Crippen LogP contribution is 2.32. The minimum absolute atomic E-state index is 0.0531. The number of benzene rings is 1. The van der Waals surface area contributed by atoms with Crippen molar-refractivity contribution >= 4 is 41.4 Å². The summed E-state index contributed by atoms with van der Waals surface area (Å²) in [6, 6.07) is 4.29. The Morgan fingerprint density at radius 2 is 1.97 bits per heavy atom. The van der Waals surface area contributed by atoms with Crippen molar-refractivity contribution in [3.05, 3.63) is 45.8 Å². The Hall–Kier alpha value is -2.72. The van der Waals surface area contributed by atoms with Crippen LogP contribution in [0.1, 0.15) is 22.8 Å². The summed E-state index contributed by atoms with van der Waals surface area (Å²) in [6.07, 6.45) is -4.31. The molecule has 0 saturated heterocycles. The van der Waals surface area contributed by atoms with E-state index in [0.717, 1.165) is 5.56 Å². The van der Waals surface area contributed by atoms with Gasteiger partial charge in [-0.15, -0.1) is 0 Å². The molecular formula is C17H12Cl2F3N3O4. The monoisotopic (exact) mass is 449 g/mol. The van der Waals surface area contributed by atoms with Crippen molar-refractivity contribution in [2.75, 3.05) is 0 Å². The molecule has 1 aliphatic heterocycles. The topological polar surface area (TPSA) is 100 Å². The molecule has 0 radical (unpaired) electrons. The van der Waals surface area contributed by atoms with Crippen LogP contribution < -0.4 is 0 Å². The van der Waals surface area contributed by atoms with E-state index in [0.29, 0.717) is 21.8 Å². The van der Waals surface area contributed by atoms with E-state index in [1.54, 1.807) is 18.2 Å². The minimum Gasteiger partial charge on any atom is -0.480 e. The van der Waals surface area contributed by atoms with Crippen LogP contribution in [0, 0.1) is 0 Å². The van der Waals surface area contributed by atoms with Gasteiger partial charge in [-0.3, -0.25) is 9.59 Å². The van der Waals surface area contributed by atoms with Gasteiger partial charge in [0.2, 0.25) is 11.6 Å². The van der Waals surface area contributed by atoms with Crippen LogP contribution in [-0.4, -0.2) is 50.4 Å². The lowest BCUT2D eigenvalue weighted by atomic mass is 10.0. The van der Waals surface area contributed by atoms with E-state index < -0.39 is 24.5 Å². The van der Waals surface area contributed by atoms with Crippen molar-refractivity contribution in [3.8, 4) is 11.3 Å². The number of aldehydes is 1. The number of aliphatic carboxylic acids is 1. The van der Waals surface area contributed by atoms with Crippen molar-refractivity contribution in [1.29, 1.82) is 0 Å². The maximum atomic E-state index is 12.4. The van der Waals surface area contributed by atoms with Gasteiger partial charge in [0, 0.05) is 17.7 Å². The molecule has 7 nitrogen and oxygen atoms in total. The quantitative estimate of drug-likeness (QED) is 0.567. The lowest BCUT2D eigenvalue weighted by molar-refractivity contribution is -0.156. The number of carboxylic acids is 1. The fraction of sp³-hybridized carbons (Fsp3) is 0.235. The number of amides is 1. The molecule has 1 aliphatic rings. The maximum Gasteiger partial charge on any atom is 0.446 e. The fourth-order valence-corrected chi connectivity index (χ4v) is 2.80. The Morgan fingerprint density at radius 1 is 1.34 bits per heavy atom. The van der Waals surface area contributed by atoms with Gasteiger partial charge >= 0.3 is 12.1 Å². The molecule has 154 valence electrons. The molecule has 12 heteroatoms. The minimum atomic E-state index is -4.64. The summed E-state index contributed by atoms with van der Waals surface area (Å²) in [6.45, 7) is 1.74. The van der Waals surface area contributed by atoms with E-state index in [-0.39, 0.29) is 17.7 Å². The zero-order chi connectivity index (χ0) is 21.9. The van der Waals surface area contributed by atoms with Gasteiger partial charge in [0.15, 0.2) is 0 Å². The molecule has 29 heavy (non-hydrogen) atoms. The summed E-state index contributed by atoms with van der Waals surface area (Å²) in [7, 11) is 0. The van der Waals surface area contributed by atoms with Crippen molar-refractivity contribution in [3.63, 3.8) is 0 Å². The molecule has 2 aromatic rings. The molecule has 1 aromatic heterocycles. The number of carboxylic acid groups (broad SMARTS) is 1. The third-order valence-corrected chi connectivity index (χ3v) is 4.35. The van der Waals surface area contributed by atoms with Gasteiger partial charge in [-0.1, -0.05) is 23.7 Å². The average Bonchev–Trinajstić information content (AvgIpc) is 2.99. The van der Waals surface area contributed by atoms with E-state index in [4.69, 9.17) is 33.1 Å². The second-order valence-corrected chi connectivity index (χ2v) is 6.56. The van der Waals surface area contributed by atoms with Crippen LogP contribution in [0.25, 0.3) is 11.3 Å². The Kier molecular flexibility index (Phi) is 6.81. The highest BCUT2D eigenvalue weighted by molar-refractivity contribution is 6.33. The van der Waals surface area contributed by atoms with Crippen LogP contribution in [0.5, 0.6) is 0 Å². The van der Waals surface area contributed by atoms with Crippen molar-refractivity contribution in [1.82, 2.24) is 14.9 Å². The van der Waals surface area contributed by atoms with Crippen LogP contribution in [0.15, 0.2) is 24.4 Å². The maximum absolute atomic E-state index is 12.4. The summed E-state index contributed by atoms with van der Waals surface area (Å²) < 4.78 is 31.2. The summed E-state index contributed by atoms with van der Waals surface area (Å²) in [5, 5.41) is 9.46. The average molecular weight is 450 g/mol. The van der Waals surface area contributed by atoms with E-state index in [2.05, 4.69) is 9.97 Å². The molecule has 0 saturated carbocycles. The Bertz CT molecular complexity index is 969. The van der Waals surface area contributed by atoms with Crippen LogP contribution in [0.4, 0.5) is 13.2 Å². The van der Waals surface area contributed by atoms with E-state index in [1.807, 2.05) is 0 Å². The van der Waals surface area contributed by atoms with Gasteiger partial charge in [-0.2, -0.15) is 13.2 Å². The first kappa shape index (κ1) is 22.6. The summed E-state index contributed by atoms with van der Waals surface area (Å²) >= 11 is 11.9. The first-order valence-corrected chi connectivity index (χ1v) is 8.58. The molecule has 0 aliphatic carbocycles. The van der Waals surface area contributed by atoms with E-state index in [1.165, 1.54) is 18.0 Å². The van der Waals surface area contributed by atoms with E-state index in [9.17, 15) is 22.8 Å². The third-order valence-electron chi connectivity index (χ3n) is 3.89. The predicted octanol–water partition coefficient (Wildman–Crippen LogP) is 3.63. The molecular weight excluding hydrogens is 438 g/mol. The fourth-order valence-electron chi connectivity index (χ4n) is 2.46. The SMILES string of the molecule is C[C@H](C(=O)O)N1Cc2ccc(-c3nc(Cl)ncc3Cl)cc2C1=O.O=CC(F)(F)F. The zero-order valence-electron chi connectivity index (χ0n) is 14.6. The second kappa shape index (κ2) is 8.75. The predicted molar refractivity (Wildman–Crippen MR) is 96.6 cm³/mol. The van der Waals surface area contributed by atoms with Crippen LogP contribution >= 0.6 is 23.2 Å². The van der Waals surface area contributed by atoms with Gasteiger partial charge in [-0.25, -0.2) is 14.8 Å². The zero-order valence-corrected chi connectivity index (χ0v) is 16.1. The lowest BCUT2D eigenvalue weighted by Crippen LogP contribution is -2.38. The van der Waals surface area contributed by atoms with Crippen molar-refractivity contribution in [2.45, 2.75) is 25.7 Å². The number of rotatable bonds is 3. The van der Waals surface area contributed by atoms with Gasteiger partial charge in [0.05, 0.1) is 16.9 Å². The highest BCUT2D eigenvalue weighted by Gasteiger charge is 2.34. The number of fused-ring (bicyclic) bond motifs is 1. The summed E-state index contributed by atoms with van der Waals surface area (Å²) in [5.41, 5.74) is 2.26. The summed E-state index contributed by atoms with van der Waals surface area (Å²) in [5.74, 6) is -1.37. The molecule has 0 spiro atoms. The highest BCUT2D eigenvalue weighted by atomic mass is 35.5. The standard InChI is InChI=1S/C15H11Cl2N3O3.C2HF3O/c1-7(14(22)23)20-6-9-3-2-8(4-10(9)13(20)21)12-11(16)5-18-15(17)19-12;3-2(4,5)1-6/h2-5,7H,6H2,1H3,(H,22,23);1H/t7-;/m1./s1. The third kappa shape index (κ3) is 5.42. The van der Waals surface area contributed by atoms with Crippen LogP contribution in [0.3, 0.4) is 0 Å². The first-order valence-electron chi connectivity index (χ1n) is 7.82. The number of aromatic nitrogens is 2. The molecule has 1 N–H and O–H groups in total. The molecule has 0 fully saturated rings. The number of carbonyl (C=O) groups excluding carboxylic acids is 2. The number of alkyl halides is 3. The number of hydrogen-bond donors (Lipinski definition) is 1. The molecule has 1 atom stereocenters. The largest absolute Gasteiger partial charge is 0.480 e. The van der Waals surface area contributed by atoms with Gasteiger partial charge < -0.3 is 10.0 Å². The number of carbonyl (C=O) groups is 3. The second-order valence-electron chi connectivity index (χ2n) is 5.81. The van der Waals surface area contributed by atoms with Crippen LogP contribution in [0.2, 0.25) is 10.3 Å². The molecule has 2 heterocycles. The normalized spacial score (nSPS) is 14.0. The smallest absolute Gasteiger partial charge is 0.446 e. The molecule has 1 aromatic carbocycles. The van der Waals surface area contributed by atoms with Crippen LogP contribution in [-0.2, 0) is 16.1 Å². The van der Waals surface area contributed by atoms with E-state index >= 15 is 0 Å². The van der Waals surface area contributed by atoms with Gasteiger partial charge in [0.25, 0.3) is 5.91 Å². The number of nitrogens with zero attached hydrogens (tertiary/aromatic N) is 3. The molecule has 1 amide bonds. The Labute approximate surface area is 172 Å². The first-order chi connectivity index (χ1) is 13.4. The number of hydrogen-bond acceptors (Lipinski definition) is 5. The van der Waals surface area contributed by atoms with Gasteiger partial charge in [-0.05, 0) is 30.2 Å². The molecule has 0 unspecified atom stereocenters. The van der Waals surface area contributed by atoms with Crippen molar-refractivity contribution < 1.29 is 32.7 Å². The van der Waals surface area contributed by atoms with Crippen molar-refractivity contribution in [2.24, 2.45) is 0 Å². The lowest BCUT2D eigenvalue weighted by Gasteiger charge is -2.19. The van der Waals surface area contributed by atoms with Gasteiger partial charge in [0.1, 0.15) is 6.04 Å².